The van der Waals surface area contributed by atoms with Crippen molar-refractivity contribution in [2.45, 2.75) is 26.4 Å². The lowest BCUT2D eigenvalue weighted by atomic mass is 10.1. The topological polar surface area (TPSA) is 80.8 Å². The normalized spacial score (nSPS) is 11.7. The molecular formula is C15H23N3O4. The first kappa shape index (κ1) is 17.7. The Balaban J connectivity index is 2.65. The number of aromatic nitrogens is 1. The molecule has 0 aromatic carbocycles. The third kappa shape index (κ3) is 4.91. The van der Waals surface area contributed by atoms with Crippen LogP contribution in [0.25, 0.3) is 0 Å². The maximum atomic E-state index is 12.2. The smallest absolute Gasteiger partial charge is 0.328 e. The Morgan fingerprint density at radius 1 is 1.32 bits per heavy atom. The molecule has 1 N–H and O–H groups in total. The van der Waals surface area contributed by atoms with Crippen LogP contribution in [-0.2, 0) is 16.1 Å². The lowest BCUT2D eigenvalue weighted by Crippen LogP contribution is -2.49. The Bertz CT molecular complexity index is 502. The van der Waals surface area contributed by atoms with Gasteiger partial charge in [0.2, 0.25) is 0 Å². The van der Waals surface area contributed by atoms with Crippen LogP contribution < -0.4 is 10.1 Å². The minimum atomic E-state index is -0.677. The number of urea groups is 1. The lowest BCUT2D eigenvalue weighted by Gasteiger charge is -2.24. The van der Waals surface area contributed by atoms with Crippen molar-refractivity contribution in [3.05, 3.63) is 24.0 Å². The van der Waals surface area contributed by atoms with Gasteiger partial charge in [-0.1, -0.05) is 13.8 Å². The molecule has 0 unspecified atom stereocenters. The molecular weight excluding hydrogens is 286 g/mol. The molecule has 7 heteroatoms. The zero-order valence-electron chi connectivity index (χ0n) is 13.6. The van der Waals surface area contributed by atoms with Crippen molar-refractivity contribution in [2.75, 3.05) is 21.3 Å². The van der Waals surface area contributed by atoms with E-state index in [1.165, 1.54) is 12.0 Å². The Kier molecular flexibility index (Phi) is 6.62. The predicted octanol–water partition coefficient (Wildman–Crippen LogP) is 1.43. The van der Waals surface area contributed by atoms with Crippen molar-refractivity contribution < 1.29 is 19.1 Å². The summed E-state index contributed by atoms with van der Waals surface area (Å²) in [6, 6.07) is 2.52. The monoisotopic (exact) mass is 309 g/mol. The Hall–Kier alpha value is -2.31. The van der Waals surface area contributed by atoms with Crippen molar-refractivity contribution in [3.8, 4) is 5.75 Å². The fourth-order valence-corrected chi connectivity index (χ4v) is 1.81. The second-order valence-corrected chi connectivity index (χ2v) is 5.24. The van der Waals surface area contributed by atoms with Crippen LogP contribution in [0.1, 0.15) is 19.5 Å². The van der Waals surface area contributed by atoms with Crippen LogP contribution in [0, 0.1) is 5.92 Å². The standard InChI is InChI=1S/C15H23N3O4/c1-10(2)13(14(19)22-5)17-15(20)18(3)9-11-6-7-12(21-4)8-16-11/h6-8,10,13H,9H2,1-5H3,(H,17,20)/t13-/m0/s1. The van der Waals surface area contributed by atoms with E-state index < -0.39 is 12.0 Å². The number of nitrogens with zero attached hydrogens (tertiary/aromatic N) is 2. The van der Waals surface area contributed by atoms with E-state index in [0.29, 0.717) is 12.3 Å². The van der Waals surface area contributed by atoms with Gasteiger partial charge >= 0.3 is 12.0 Å². The Morgan fingerprint density at radius 2 is 2.00 bits per heavy atom. The SMILES string of the molecule is COC(=O)[C@@H](NC(=O)N(C)Cc1ccc(OC)cn1)C(C)C. The fraction of sp³-hybridized carbons (Fsp3) is 0.533. The third-order valence-corrected chi connectivity index (χ3v) is 3.18. The van der Waals surface area contributed by atoms with Crippen molar-refractivity contribution in [3.63, 3.8) is 0 Å². The molecule has 0 aliphatic rings. The zero-order chi connectivity index (χ0) is 16.7. The predicted molar refractivity (Wildman–Crippen MR) is 81.4 cm³/mol. The summed E-state index contributed by atoms with van der Waals surface area (Å²) >= 11 is 0. The lowest BCUT2D eigenvalue weighted by molar-refractivity contribution is -0.144. The number of hydrogen-bond donors (Lipinski definition) is 1. The molecule has 1 rings (SSSR count). The van der Waals surface area contributed by atoms with E-state index in [1.807, 2.05) is 13.8 Å². The number of nitrogens with one attached hydrogen (secondary N) is 1. The third-order valence-electron chi connectivity index (χ3n) is 3.18. The summed E-state index contributed by atoms with van der Waals surface area (Å²) in [5.41, 5.74) is 0.720. The van der Waals surface area contributed by atoms with Crippen LogP contribution in [0.5, 0.6) is 5.75 Å². The highest BCUT2D eigenvalue weighted by atomic mass is 16.5. The van der Waals surface area contributed by atoms with E-state index in [0.717, 1.165) is 5.69 Å². The van der Waals surface area contributed by atoms with E-state index in [9.17, 15) is 9.59 Å². The highest BCUT2D eigenvalue weighted by Gasteiger charge is 2.26. The van der Waals surface area contributed by atoms with E-state index >= 15 is 0 Å². The minimum Gasteiger partial charge on any atom is -0.495 e. The van der Waals surface area contributed by atoms with Crippen molar-refractivity contribution in [1.29, 1.82) is 0 Å². The van der Waals surface area contributed by atoms with Crippen LogP contribution in [0.15, 0.2) is 18.3 Å². The number of ether oxygens (including phenoxy) is 2. The summed E-state index contributed by atoms with van der Waals surface area (Å²) < 4.78 is 9.73. The first-order valence-corrected chi connectivity index (χ1v) is 6.97. The number of carbonyl (C=O) groups is 2. The van der Waals surface area contributed by atoms with Crippen molar-refractivity contribution >= 4 is 12.0 Å². The molecule has 1 atom stereocenters. The molecule has 1 heterocycles. The molecule has 1 aromatic heterocycles. The maximum Gasteiger partial charge on any atom is 0.328 e. The molecule has 2 amide bonds. The molecule has 0 aliphatic carbocycles. The largest absolute Gasteiger partial charge is 0.495 e. The summed E-state index contributed by atoms with van der Waals surface area (Å²) in [5.74, 6) is 0.129. The Morgan fingerprint density at radius 3 is 2.45 bits per heavy atom. The number of pyridine rings is 1. The second-order valence-electron chi connectivity index (χ2n) is 5.24. The van der Waals surface area contributed by atoms with E-state index in [-0.39, 0.29) is 11.9 Å². The zero-order valence-corrected chi connectivity index (χ0v) is 13.6. The van der Waals surface area contributed by atoms with Gasteiger partial charge in [-0.3, -0.25) is 4.98 Å². The van der Waals surface area contributed by atoms with Crippen LogP contribution in [-0.4, -0.2) is 49.2 Å². The second kappa shape index (κ2) is 8.21. The molecule has 0 fully saturated rings. The van der Waals surface area contributed by atoms with Crippen LogP contribution >= 0.6 is 0 Å². The van der Waals surface area contributed by atoms with Gasteiger partial charge in [-0.25, -0.2) is 9.59 Å². The van der Waals surface area contributed by atoms with E-state index in [2.05, 4.69) is 10.3 Å². The van der Waals surface area contributed by atoms with E-state index in [4.69, 9.17) is 9.47 Å². The van der Waals surface area contributed by atoms with Crippen molar-refractivity contribution in [1.82, 2.24) is 15.2 Å². The van der Waals surface area contributed by atoms with Crippen LogP contribution in [0.4, 0.5) is 4.79 Å². The molecule has 7 nitrogen and oxygen atoms in total. The average molecular weight is 309 g/mol. The van der Waals surface area contributed by atoms with Gasteiger partial charge in [-0.2, -0.15) is 0 Å². The average Bonchev–Trinajstić information content (AvgIpc) is 2.51. The number of rotatable bonds is 6. The molecule has 1 aromatic rings. The number of carbonyl (C=O) groups excluding carboxylic acids is 2. The molecule has 0 saturated carbocycles. The van der Waals surface area contributed by atoms with Gasteiger partial charge < -0.3 is 19.7 Å². The van der Waals surface area contributed by atoms with Gasteiger partial charge in [-0.05, 0) is 18.1 Å². The number of hydrogen-bond acceptors (Lipinski definition) is 5. The van der Waals surface area contributed by atoms with Gasteiger partial charge in [0, 0.05) is 7.05 Å². The van der Waals surface area contributed by atoms with Gasteiger partial charge in [0.25, 0.3) is 0 Å². The van der Waals surface area contributed by atoms with Crippen molar-refractivity contribution in [2.24, 2.45) is 5.92 Å². The first-order chi connectivity index (χ1) is 10.4. The molecule has 122 valence electrons. The van der Waals surface area contributed by atoms with Crippen LogP contribution in [0.2, 0.25) is 0 Å². The summed E-state index contributed by atoms with van der Waals surface area (Å²) in [5, 5.41) is 2.67. The summed E-state index contributed by atoms with van der Waals surface area (Å²) in [7, 11) is 4.50. The number of esters is 1. The first-order valence-electron chi connectivity index (χ1n) is 6.97. The van der Waals surface area contributed by atoms with Gasteiger partial charge in [-0.15, -0.1) is 0 Å². The highest BCUT2D eigenvalue weighted by Crippen LogP contribution is 2.10. The highest BCUT2D eigenvalue weighted by molar-refractivity contribution is 5.83. The molecule has 0 bridgehead atoms. The fourth-order valence-electron chi connectivity index (χ4n) is 1.81. The van der Waals surface area contributed by atoms with E-state index in [1.54, 1.807) is 32.5 Å². The van der Waals surface area contributed by atoms with Crippen LogP contribution in [0.3, 0.4) is 0 Å². The molecule has 0 saturated heterocycles. The Labute approximate surface area is 130 Å². The molecule has 0 spiro atoms. The maximum absolute atomic E-state index is 12.2. The number of amides is 2. The molecule has 0 aliphatic heterocycles. The quantitative estimate of drug-likeness (QED) is 0.804. The van der Waals surface area contributed by atoms with Gasteiger partial charge in [0.15, 0.2) is 0 Å². The summed E-state index contributed by atoms with van der Waals surface area (Å²) in [4.78, 5) is 29.5. The minimum absolute atomic E-state index is 0.0658. The summed E-state index contributed by atoms with van der Waals surface area (Å²) in [6.07, 6.45) is 1.59. The molecule has 22 heavy (non-hydrogen) atoms. The van der Waals surface area contributed by atoms with Gasteiger partial charge in [0.05, 0.1) is 32.7 Å². The summed E-state index contributed by atoms with van der Waals surface area (Å²) in [6.45, 7) is 4.00. The number of methoxy groups -OCH3 is 2. The van der Waals surface area contributed by atoms with Gasteiger partial charge in [0.1, 0.15) is 11.8 Å². The molecule has 0 radical (unpaired) electrons.